The van der Waals surface area contributed by atoms with Crippen LogP contribution in [0.15, 0.2) is 24.3 Å². The van der Waals surface area contributed by atoms with Crippen LogP contribution < -0.4 is 5.32 Å². The number of anilines is 1. The van der Waals surface area contributed by atoms with E-state index in [-0.39, 0.29) is 17.1 Å². The Hall–Kier alpha value is -2.59. The van der Waals surface area contributed by atoms with Gasteiger partial charge in [0, 0.05) is 11.3 Å². The molecule has 1 aromatic heterocycles. The minimum atomic E-state index is -5.97. The lowest BCUT2D eigenvalue weighted by Crippen LogP contribution is -2.47. The third kappa shape index (κ3) is 2.95. The highest BCUT2D eigenvalue weighted by molar-refractivity contribution is 5.97. The Labute approximate surface area is 113 Å². The third-order valence-corrected chi connectivity index (χ3v) is 2.37. The minimum Gasteiger partial charge on any atom is -0.321 e. The first-order chi connectivity index (χ1) is 9.72. The van der Waals surface area contributed by atoms with Crippen molar-refractivity contribution in [2.24, 2.45) is 0 Å². The summed E-state index contributed by atoms with van der Waals surface area (Å²) in [4.78, 5) is 11.0. The van der Waals surface area contributed by atoms with Gasteiger partial charge in [-0.05, 0) is 17.3 Å². The molecule has 2 aromatic rings. The number of rotatable bonds is 3. The number of carbonyl (C=O) groups excluding carboxylic acids is 1. The summed E-state index contributed by atoms with van der Waals surface area (Å²) < 4.78 is 61.8. The molecule has 1 aromatic carbocycles. The predicted molar refractivity (Wildman–Crippen MR) is 59.2 cm³/mol. The van der Waals surface area contributed by atoms with E-state index in [0.717, 1.165) is 12.1 Å². The van der Waals surface area contributed by atoms with Crippen LogP contribution in [0, 0.1) is 0 Å². The van der Waals surface area contributed by atoms with E-state index >= 15 is 0 Å². The largest absolute Gasteiger partial charge is 0.463 e. The number of nitrogens with one attached hydrogen (secondary N) is 2. The fourth-order valence-electron chi connectivity index (χ4n) is 1.36. The van der Waals surface area contributed by atoms with Gasteiger partial charge in [0.15, 0.2) is 0 Å². The van der Waals surface area contributed by atoms with E-state index in [0.29, 0.717) is 0 Å². The summed E-state index contributed by atoms with van der Waals surface area (Å²) in [6.07, 6.45) is -5.97. The summed E-state index contributed by atoms with van der Waals surface area (Å²) in [6, 6.07) is 5.07. The van der Waals surface area contributed by atoms with Gasteiger partial charge < -0.3 is 5.32 Å². The standard InChI is InChI=1S/C10H6F5N5O/c11-9(12,10(13,14)15)8(21)16-6-3-1-2-5(4-6)7-17-19-20-18-7/h1-4H,(H,16,21)(H,17,18,19,20). The highest BCUT2D eigenvalue weighted by atomic mass is 19.4. The van der Waals surface area contributed by atoms with Crippen LogP contribution in [0.4, 0.5) is 27.6 Å². The van der Waals surface area contributed by atoms with Crippen LogP contribution in [0.2, 0.25) is 0 Å². The van der Waals surface area contributed by atoms with Crippen molar-refractivity contribution in [3.63, 3.8) is 0 Å². The smallest absolute Gasteiger partial charge is 0.321 e. The molecule has 0 fully saturated rings. The molecule has 11 heteroatoms. The van der Waals surface area contributed by atoms with Gasteiger partial charge in [-0.3, -0.25) is 4.79 Å². The molecule has 0 spiro atoms. The number of halogens is 5. The van der Waals surface area contributed by atoms with Crippen molar-refractivity contribution in [3.8, 4) is 11.4 Å². The van der Waals surface area contributed by atoms with Crippen LogP contribution in [0.3, 0.4) is 0 Å². The van der Waals surface area contributed by atoms with Crippen molar-refractivity contribution in [3.05, 3.63) is 24.3 Å². The second-order valence-corrected chi connectivity index (χ2v) is 3.84. The Morgan fingerprint density at radius 2 is 1.90 bits per heavy atom. The van der Waals surface area contributed by atoms with Gasteiger partial charge in [-0.25, -0.2) is 0 Å². The molecule has 0 aliphatic heterocycles. The lowest BCUT2D eigenvalue weighted by Gasteiger charge is -2.18. The van der Waals surface area contributed by atoms with Crippen molar-refractivity contribution in [1.82, 2.24) is 20.6 Å². The molecule has 0 radical (unpaired) electrons. The number of alkyl halides is 5. The predicted octanol–water partition coefficient (Wildman–Crippen LogP) is 2.00. The van der Waals surface area contributed by atoms with Crippen molar-refractivity contribution in [2.75, 3.05) is 5.32 Å². The maximum Gasteiger partial charge on any atom is 0.463 e. The van der Waals surface area contributed by atoms with E-state index in [4.69, 9.17) is 0 Å². The molecule has 0 aliphatic carbocycles. The topological polar surface area (TPSA) is 83.6 Å². The third-order valence-electron chi connectivity index (χ3n) is 2.37. The molecule has 0 saturated carbocycles. The van der Waals surface area contributed by atoms with Gasteiger partial charge in [0.25, 0.3) is 0 Å². The molecule has 0 saturated heterocycles. The first-order valence-corrected chi connectivity index (χ1v) is 5.31. The van der Waals surface area contributed by atoms with Crippen molar-refractivity contribution in [2.45, 2.75) is 12.1 Å². The molecular formula is C10H6F5N5O. The second-order valence-electron chi connectivity index (χ2n) is 3.84. The van der Waals surface area contributed by atoms with Gasteiger partial charge in [-0.15, -0.1) is 10.2 Å². The molecule has 1 amide bonds. The fraction of sp³-hybridized carbons (Fsp3) is 0.200. The lowest BCUT2D eigenvalue weighted by atomic mass is 10.2. The van der Waals surface area contributed by atoms with E-state index in [1.165, 1.54) is 17.4 Å². The van der Waals surface area contributed by atoms with E-state index in [1.807, 2.05) is 0 Å². The number of nitrogens with zero attached hydrogens (tertiary/aromatic N) is 3. The molecule has 0 aliphatic rings. The summed E-state index contributed by atoms with van der Waals surface area (Å²) >= 11 is 0. The van der Waals surface area contributed by atoms with Crippen LogP contribution in [-0.2, 0) is 4.79 Å². The molecule has 6 nitrogen and oxygen atoms in total. The van der Waals surface area contributed by atoms with E-state index in [1.54, 1.807) is 0 Å². The number of aromatic amines is 1. The van der Waals surface area contributed by atoms with E-state index in [2.05, 4.69) is 20.6 Å². The molecule has 21 heavy (non-hydrogen) atoms. The highest BCUT2D eigenvalue weighted by Gasteiger charge is 2.63. The van der Waals surface area contributed by atoms with E-state index < -0.39 is 18.0 Å². The zero-order valence-corrected chi connectivity index (χ0v) is 9.95. The monoisotopic (exact) mass is 307 g/mol. The van der Waals surface area contributed by atoms with Crippen LogP contribution >= 0.6 is 0 Å². The van der Waals surface area contributed by atoms with Gasteiger partial charge in [-0.2, -0.15) is 27.2 Å². The van der Waals surface area contributed by atoms with Gasteiger partial charge in [0.05, 0.1) is 0 Å². The average Bonchev–Trinajstić information content (AvgIpc) is 2.91. The highest BCUT2D eigenvalue weighted by Crippen LogP contribution is 2.36. The summed E-state index contributed by atoms with van der Waals surface area (Å²) in [6.45, 7) is 0. The van der Waals surface area contributed by atoms with Crippen LogP contribution in [0.1, 0.15) is 0 Å². The Morgan fingerprint density at radius 1 is 1.19 bits per heavy atom. The van der Waals surface area contributed by atoms with Crippen LogP contribution in [0.25, 0.3) is 11.4 Å². The number of benzene rings is 1. The molecule has 0 bridgehead atoms. The molecule has 0 unspecified atom stereocenters. The molecule has 2 rings (SSSR count). The number of carbonyl (C=O) groups is 1. The van der Waals surface area contributed by atoms with Crippen LogP contribution in [-0.4, -0.2) is 38.6 Å². The molecule has 2 N–H and O–H groups in total. The summed E-state index contributed by atoms with van der Waals surface area (Å²) in [7, 11) is 0. The Bertz CT molecular complexity index is 640. The van der Waals surface area contributed by atoms with Gasteiger partial charge in [-0.1, -0.05) is 12.1 Å². The molecular weight excluding hydrogens is 301 g/mol. The van der Waals surface area contributed by atoms with Crippen molar-refractivity contribution in [1.29, 1.82) is 0 Å². The SMILES string of the molecule is O=C(Nc1cccc(-c2nn[nH]n2)c1)C(F)(F)C(F)(F)F. The number of hydrogen-bond acceptors (Lipinski definition) is 4. The maximum atomic E-state index is 12.8. The van der Waals surface area contributed by atoms with Crippen LogP contribution in [0.5, 0.6) is 0 Å². The zero-order chi connectivity index (χ0) is 15.7. The number of tetrazole rings is 1. The number of amides is 1. The average molecular weight is 307 g/mol. The minimum absolute atomic E-state index is 0.0914. The van der Waals surface area contributed by atoms with Gasteiger partial charge in [0.1, 0.15) is 0 Å². The first kappa shape index (κ1) is 14.8. The van der Waals surface area contributed by atoms with Gasteiger partial charge in [0.2, 0.25) is 5.82 Å². The molecule has 112 valence electrons. The Morgan fingerprint density at radius 3 is 2.48 bits per heavy atom. The number of aromatic nitrogens is 4. The fourth-order valence-corrected chi connectivity index (χ4v) is 1.36. The summed E-state index contributed by atoms with van der Waals surface area (Å²) in [5.41, 5.74) is 0.0168. The number of H-pyrrole nitrogens is 1. The Balaban J connectivity index is 2.21. The molecule has 1 heterocycles. The maximum absolute atomic E-state index is 12.8. The summed E-state index contributed by atoms with van der Waals surface area (Å²) in [5.74, 6) is -7.87. The summed E-state index contributed by atoms with van der Waals surface area (Å²) in [5, 5.41) is 14.1. The van der Waals surface area contributed by atoms with Gasteiger partial charge >= 0.3 is 18.0 Å². The van der Waals surface area contributed by atoms with Crippen molar-refractivity contribution < 1.29 is 26.7 Å². The molecule has 0 atom stereocenters. The quantitative estimate of drug-likeness (QED) is 0.850. The normalized spacial score (nSPS) is 12.2. The zero-order valence-electron chi connectivity index (χ0n) is 9.95. The second kappa shape index (κ2) is 5.07. The number of hydrogen-bond donors (Lipinski definition) is 2. The first-order valence-electron chi connectivity index (χ1n) is 5.31. The van der Waals surface area contributed by atoms with E-state index in [9.17, 15) is 26.7 Å². The lowest BCUT2D eigenvalue weighted by molar-refractivity contribution is -0.267. The Kier molecular flexibility index (Phi) is 3.58. The van der Waals surface area contributed by atoms with Crippen molar-refractivity contribution >= 4 is 11.6 Å².